The third kappa shape index (κ3) is 22.9. The summed E-state index contributed by atoms with van der Waals surface area (Å²) in [5.74, 6) is -2.33. The molecule has 3 saturated heterocycles. The molecule has 3 aromatic carbocycles. The number of nitrogens with zero attached hydrogens (tertiary/aromatic N) is 9. The zero-order chi connectivity index (χ0) is 94.8. The topological polar surface area (TPSA) is 362 Å². The molecule has 6 aliphatic carbocycles. The van der Waals surface area contributed by atoms with Crippen LogP contribution in [0, 0.1) is 87.3 Å². The van der Waals surface area contributed by atoms with Gasteiger partial charge in [0.25, 0.3) is 0 Å². The van der Waals surface area contributed by atoms with Crippen LogP contribution in [0.3, 0.4) is 0 Å². The monoisotopic (exact) mass is 1830 g/mol. The first-order valence-electron chi connectivity index (χ1n) is 48.3. The SMILES string of the molecule is C=CCCC[C@@H]1C[C@H]1OC(=O)C[C@H](C(=O)N1C[C@H](Oc2nc3cc(OC)ccc3nc2C=C)[C@@H](C2CC2)[C@H]1C(=O)OC)C(C)(C)C.COC(=O)[C@@H]1[C@H](C2CC2)[C@@H]2CN1C(=O)[C@H](C(C)(C)C)CC(=O)O[C@@H]1C[C@H]1CCCCCc1nc3ccc(OC)cc3nc1O2.COc1ccc2nc3c(nc2c1)O[C@H]1CN(C(=O)[C@H](C(C)(C)C)CC(=O)O[C@@H]2C[C@H]2CCCCC3)[C@H](C(=O)O)[C@@H]1C1CC1. The lowest BCUT2D eigenvalue weighted by Crippen LogP contribution is -2.49. The summed E-state index contributed by atoms with van der Waals surface area (Å²) in [6.45, 7) is 25.5. The van der Waals surface area contributed by atoms with Crippen molar-refractivity contribution in [1.82, 2.24) is 44.6 Å². The Morgan fingerprint density at radius 3 is 1.41 bits per heavy atom. The van der Waals surface area contributed by atoms with Gasteiger partial charge in [-0.1, -0.05) is 101 Å². The average molecular weight is 1840 g/mol. The molecule has 0 radical (unpaired) electrons. The van der Waals surface area contributed by atoms with E-state index in [1.807, 2.05) is 117 Å². The number of carbonyl (C=O) groups is 9. The number of esters is 5. The van der Waals surface area contributed by atoms with Gasteiger partial charge in [-0.3, -0.25) is 28.8 Å². The molecule has 4 bridgehead atoms. The molecule has 30 heteroatoms. The summed E-state index contributed by atoms with van der Waals surface area (Å²) in [5.41, 5.74) is 4.35. The van der Waals surface area contributed by atoms with E-state index in [0.717, 1.165) is 151 Å². The summed E-state index contributed by atoms with van der Waals surface area (Å²) in [6, 6.07) is 13.9. The van der Waals surface area contributed by atoms with Gasteiger partial charge in [0.05, 0.1) is 125 Å². The number of aliphatic carboxylic acids is 1. The van der Waals surface area contributed by atoms with Crippen molar-refractivity contribution in [3.63, 3.8) is 0 Å². The predicted octanol–water partition coefficient (Wildman–Crippen LogP) is 15.5. The molecule has 133 heavy (non-hydrogen) atoms. The van der Waals surface area contributed by atoms with Crippen molar-refractivity contribution >= 4 is 92.7 Å². The molecule has 30 nitrogen and oxygen atoms in total. The molecule has 17 rings (SSSR count). The Bertz CT molecular complexity index is 5320. The van der Waals surface area contributed by atoms with Crippen LogP contribution in [0.4, 0.5) is 0 Å². The van der Waals surface area contributed by atoms with Crippen LogP contribution in [-0.2, 0) is 79.7 Å². The van der Waals surface area contributed by atoms with E-state index in [2.05, 4.69) is 18.1 Å². The summed E-state index contributed by atoms with van der Waals surface area (Å²) in [6.07, 6.45) is 21.8. The predicted molar refractivity (Wildman–Crippen MR) is 493 cm³/mol. The molecular weight excluding hydrogens is 1700 g/mol. The van der Waals surface area contributed by atoms with Gasteiger partial charge in [-0.15, -0.1) is 6.58 Å². The highest BCUT2D eigenvalue weighted by molar-refractivity contribution is 5.92. The Morgan fingerprint density at radius 2 is 0.962 bits per heavy atom. The normalized spacial score (nSPS) is 28.2. The fourth-order valence-corrected chi connectivity index (χ4v) is 20.8. The maximum atomic E-state index is 14.4. The average Bonchev–Trinajstić information content (AvgIpc) is 1.60. The van der Waals surface area contributed by atoms with Crippen LogP contribution in [0.15, 0.2) is 73.8 Å². The maximum Gasteiger partial charge on any atom is 0.329 e. The van der Waals surface area contributed by atoms with Crippen LogP contribution in [-0.4, -0.2) is 213 Å². The zero-order valence-electron chi connectivity index (χ0n) is 79.8. The smallest absolute Gasteiger partial charge is 0.329 e. The summed E-state index contributed by atoms with van der Waals surface area (Å²) < 4.78 is 64.2. The molecule has 1 N–H and O–H groups in total. The van der Waals surface area contributed by atoms with Crippen LogP contribution < -0.4 is 28.4 Å². The van der Waals surface area contributed by atoms with Crippen LogP contribution in [0.5, 0.6) is 34.9 Å². The molecule has 9 fully saturated rings. The molecule has 5 aliphatic heterocycles. The number of rotatable bonds is 20. The number of amides is 3. The van der Waals surface area contributed by atoms with Gasteiger partial charge in [-0.25, -0.2) is 44.3 Å². The number of carbonyl (C=O) groups excluding carboxylic acids is 8. The van der Waals surface area contributed by atoms with Crippen molar-refractivity contribution in [1.29, 1.82) is 0 Å². The fourth-order valence-electron chi connectivity index (χ4n) is 20.8. The number of hydrogen-bond acceptors (Lipinski definition) is 26. The van der Waals surface area contributed by atoms with Crippen molar-refractivity contribution in [2.75, 3.05) is 55.2 Å². The molecule has 18 atom stereocenters. The molecule has 0 spiro atoms. The lowest BCUT2D eigenvalue weighted by atomic mass is 9.77. The zero-order valence-corrected chi connectivity index (χ0v) is 79.8. The van der Waals surface area contributed by atoms with Crippen molar-refractivity contribution in [3.05, 3.63) is 90.9 Å². The molecular formula is C103H135N9O21. The first-order chi connectivity index (χ1) is 63.6. The molecule has 6 saturated carbocycles. The number of aryl methyl sites for hydroxylation is 2. The lowest BCUT2D eigenvalue weighted by molar-refractivity contribution is -0.158. The number of benzene rings is 3. The van der Waals surface area contributed by atoms with Crippen LogP contribution in [0.25, 0.3) is 39.2 Å². The van der Waals surface area contributed by atoms with Crippen LogP contribution in [0.2, 0.25) is 0 Å². The van der Waals surface area contributed by atoms with E-state index in [-0.39, 0.29) is 134 Å². The first-order valence-corrected chi connectivity index (χ1v) is 48.3. The minimum atomic E-state index is -1.05. The molecule has 0 unspecified atom stereocenters. The number of carboxylic acids is 1. The number of carboxylic acid groups (broad SMARTS) is 1. The minimum absolute atomic E-state index is 0.0301. The van der Waals surface area contributed by atoms with Crippen molar-refractivity contribution in [2.45, 2.75) is 278 Å². The second kappa shape index (κ2) is 40.8. The number of fused-ring (bicyclic) bond motifs is 11. The van der Waals surface area contributed by atoms with E-state index >= 15 is 0 Å². The van der Waals surface area contributed by atoms with E-state index in [1.54, 1.807) is 43.3 Å². The van der Waals surface area contributed by atoms with Crippen molar-refractivity contribution < 1.29 is 100 Å². The van der Waals surface area contributed by atoms with Gasteiger partial charge < -0.3 is 71.9 Å². The summed E-state index contributed by atoms with van der Waals surface area (Å²) >= 11 is 0. The molecule has 718 valence electrons. The highest BCUT2D eigenvalue weighted by Gasteiger charge is 2.61. The highest BCUT2D eigenvalue weighted by atomic mass is 16.6. The number of aromatic nitrogens is 6. The third-order valence-electron chi connectivity index (χ3n) is 29.2. The fraction of sp³-hybridized carbons (Fsp3) is 0.641. The number of unbranched alkanes of at least 4 members (excludes halogenated alkanes) is 1. The highest BCUT2D eigenvalue weighted by Crippen LogP contribution is 2.53. The number of allylic oxidation sites excluding steroid dienone is 1. The van der Waals surface area contributed by atoms with E-state index in [0.29, 0.717) is 87.4 Å². The van der Waals surface area contributed by atoms with Gasteiger partial charge in [0.1, 0.15) is 89.1 Å². The Kier molecular flexibility index (Phi) is 29.7. The number of likely N-dealkylation sites (tertiary alicyclic amines) is 1. The summed E-state index contributed by atoms with van der Waals surface area (Å²) in [5, 5.41) is 10.5. The van der Waals surface area contributed by atoms with Gasteiger partial charge in [0.15, 0.2) is 0 Å². The van der Waals surface area contributed by atoms with Crippen LogP contribution >= 0.6 is 0 Å². The Labute approximate surface area is 779 Å². The van der Waals surface area contributed by atoms with E-state index in [4.69, 9.17) is 77.0 Å². The molecule has 3 amide bonds. The second-order valence-corrected chi connectivity index (χ2v) is 41.9. The van der Waals surface area contributed by atoms with Crippen molar-refractivity contribution in [3.8, 4) is 34.9 Å². The number of ether oxygens (including phenoxy) is 11. The first kappa shape index (κ1) is 96.8. The molecule has 6 aromatic rings. The van der Waals surface area contributed by atoms with E-state index in [9.17, 15) is 48.3 Å². The number of methoxy groups -OCH3 is 5. The Morgan fingerprint density at radius 1 is 0.504 bits per heavy atom. The number of hydrogen-bond donors (Lipinski definition) is 1. The molecule has 8 heterocycles. The Balaban J connectivity index is 0.000000152. The molecule has 11 aliphatic rings. The third-order valence-corrected chi connectivity index (χ3v) is 29.2. The van der Waals surface area contributed by atoms with Gasteiger partial charge in [0.2, 0.25) is 35.4 Å². The molecule has 3 aromatic heterocycles. The van der Waals surface area contributed by atoms with Gasteiger partial charge in [0, 0.05) is 36.0 Å². The largest absolute Gasteiger partial charge is 0.497 e. The van der Waals surface area contributed by atoms with Gasteiger partial charge >= 0.3 is 35.8 Å². The van der Waals surface area contributed by atoms with Crippen molar-refractivity contribution in [2.24, 2.45) is 87.3 Å². The maximum absolute atomic E-state index is 14.4. The second-order valence-electron chi connectivity index (χ2n) is 41.9. The standard InChI is InChI=1S/C36H47N3O7.C34H45N3O7.C33H43N3O7/c1-8-10-11-12-22-17-28(22)45-30(40)19-24(36(3,4)5)34(41)39-20-29(31(21-13-14-21)32(39)35(42)44-7)46-33-25(9-2)37-26-16-15-23(43-6)18-27(26)38-33;1-34(2,3)22-17-28(38)43-26-15-20(26)9-7-6-8-10-24-31(36-25-16-21(41-4)13-14-23(25)35-24)44-27-18-37(32(22)39)30(33(40)42-5)29(27)19-11-12-19;1-33(2,3)21-16-27(37)42-25-14-19(25)8-6-5-7-9-23-30(35-24-15-20(41-4)12-13-22(24)34-23)43-26-17-36(31(21)38)29(32(39)40)28(26)18-10-11-18/h8-9,15-16,18,21-22,24,28-29,31-32H,1-2,10-14,17,19-20H2,3-7H3;13-14,16,19-20,22,26-27,29-30H,6-12,15,17-18H2,1-5H3;12-13,15,18-19,21,25-26,28-29H,5-11,14,16-17H2,1-4H3,(H,39,40)/t22-,24-,28-,29+,31-,32+;20-,22-,26-,27+,29-,30+;19-,21-,25-,26+,28-,29+/m111/s1. The summed E-state index contributed by atoms with van der Waals surface area (Å²) in [4.78, 5) is 156. The minimum Gasteiger partial charge on any atom is -0.497 e. The van der Waals surface area contributed by atoms with E-state index in [1.165, 1.54) is 19.1 Å². The van der Waals surface area contributed by atoms with Gasteiger partial charge in [-0.05, 0) is 210 Å². The summed E-state index contributed by atoms with van der Waals surface area (Å²) in [7, 11) is 7.49. The Hall–Kier alpha value is -10.8. The van der Waals surface area contributed by atoms with Crippen LogP contribution in [0.1, 0.15) is 227 Å². The van der Waals surface area contributed by atoms with Gasteiger partial charge in [-0.2, -0.15) is 0 Å². The van der Waals surface area contributed by atoms with E-state index < -0.39 is 88.3 Å². The lowest BCUT2D eigenvalue weighted by Gasteiger charge is -2.34. The quantitative estimate of drug-likeness (QED) is 0.0321.